The Morgan fingerprint density at radius 3 is 2.83 bits per heavy atom. The molecule has 18 heavy (non-hydrogen) atoms. The van der Waals surface area contributed by atoms with Gasteiger partial charge in [-0.05, 0) is 47.5 Å². The van der Waals surface area contributed by atoms with E-state index in [9.17, 15) is 4.39 Å². The summed E-state index contributed by atoms with van der Waals surface area (Å²) in [4.78, 5) is 7.49. The molecule has 96 valence electrons. The minimum atomic E-state index is -0.477. The fourth-order valence-corrected chi connectivity index (χ4v) is 1.97. The molecule has 0 spiro atoms. The fourth-order valence-electron chi connectivity index (χ4n) is 1.59. The van der Waals surface area contributed by atoms with Crippen LogP contribution in [0.5, 0.6) is 0 Å². The molecule has 0 aliphatic carbocycles. The smallest absolute Gasteiger partial charge is 0.137 e. The van der Waals surface area contributed by atoms with E-state index in [2.05, 4.69) is 25.9 Å². The molecule has 1 aromatic heterocycles. The van der Waals surface area contributed by atoms with Gasteiger partial charge in [-0.25, -0.2) is 9.37 Å². The number of nitrogens with zero attached hydrogens (tertiary/aromatic N) is 1. The molecule has 0 saturated heterocycles. The number of hydrogen-bond donors (Lipinski definition) is 2. The highest BCUT2D eigenvalue weighted by molar-refractivity contribution is 9.10. The number of H-pyrrole nitrogens is 1. The number of aromatic nitrogens is 2. The van der Waals surface area contributed by atoms with E-state index in [0.29, 0.717) is 4.47 Å². The molecule has 0 amide bonds. The molecule has 0 fully saturated rings. The molecule has 0 radical (unpaired) electrons. The summed E-state index contributed by atoms with van der Waals surface area (Å²) in [6.07, 6.45) is 2.50. The predicted molar refractivity (Wildman–Crippen MR) is 73.5 cm³/mol. The van der Waals surface area contributed by atoms with Crippen LogP contribution in [0.4, 0.5) is 4.39 Å². The third-order valence-corrected chi connectivity index (χ3v) is 3.69. The molecule has 1 aromatic carbocycles. The molecule has 1 unspecified atom stereocenters. The second kappa shape index (κ2) is 4.82. The van der Waals surface area contributed by atoms with Crippen molar-refractivity contribution in [3.8, 4) is 11.3 Å². The second-order valence-electron chi connectivity index (χ2n) is 4.55. The van der Waals surface area contributed by atoms with E-state index in [0.717, 1.165) is 23.5 Å². The number of nitrogens with two attached hydrogens (primary N) is 1. The third-order valence-electron chi connectivity index (χ3n) is 3.08. The first-order valence-electron chi connectivity index (χ1n) is 5.74. The Hall–Kier alpha value is -1.20. The fraction of sp³-hybridized carbons (Fsp3) is 0.308. The van der Waals surface area contributed by atoms with Gasteiger partial charge in [0, 0.05) is 5.56 Å². The summed E-state index contributed by atoms with van der Waals surface area (Å²) in [5, 5.41) is 0. The number of rotatable bonds is 3. The lowest BCUT2D eigenvalue weighted by molar-refractivity contribution is 0.450. The lowest BCUT2D eigenvalue weighted by Crippen LogP contribution is -2.33. The van der Waals surface area contributed by atoms with E-state index < -0.39 is 5.54 Å². The summed E-state index contributed by atoms with van der Waals surface area (Å²) >= 11 is 3.17. The zero-order chi connectivity index (χ0) is 13.3. The maximum atomic E-state index is 13.2. The Kier molecular flexibility index (Phi) is 3.54. The Labute approximate surface area is 114 Å². The van der Waals surface area contributed by atoms with Gasteiger partial charge in [0.05, 0.1) is 21.9 Å². The van der Waals surface area contributed by atoms with Crippen LogP contribution in [0.15, 0.2) is 28.9 Å². The van der Waals surface area contributed by atoms with Crippen LogP contribution in [0.2, 0.25) is 0 Å². The van der Waals surface area contributed by atoms with Crippen molar-refractivity contribution in [2.24, 2.45) is 5.73 Å². The van der Waals surface area contributed by atoms with Gasteiger partial charge < -0.3 is 10.7 Å². The maximum Gasteiger partial charge on any atom is 0.137 e. The molecule has 5 heteroatoms. The van der Waals surface area contributed by atoms with Gasteiger partial charge in [0.15, 0.2) is 0 Å². The number of halogens is 2. The van der Waals surface area contributed by atoms with E-state index in [1.54, 1.807) is 18.3 Å². The normalized spacial score (nSPS) is 14.5. The first-order valence-corrected chi connectivity index (χ1v) is 6.53. The Balaban J connectivity index is 2.38. The zero-order valence-electron chi connectivity index (χ0n) is 10.3. The summed E-state index contributed by atoms with van der Waals surface area (Å²) in [6.45, 7) is 3.94. The Bertz CT molecular complexity index is 563. The lowest BCUT2D eigenvalue weighted by atomic mass is 10.00. The molecule has 2 aromatic rings. The van der Waals surface area contributed by atoms with Crippen molar-refractivity contribution in [2.45, 2.75) is 25.8 Å². The number of aromatic amines is 1. The van der Waals surface area contributed by atoms with Crippen LogP contribution in [0.3, 0.4) is 0 Å². The first-order chi connectivity index (χ1) is 8.44. The van der Waals surface area contributed by atoms with E-state index >= 15 is 0 Å². The van der Waals surface area contributed by atoms with Crippen LogP contribution in [0.1, 0.15) is 26.1 Å². The van der Waals surface area contributed by atoms with E-state index in [4.69, 9.17) is 5.73 Å². The van der Waals surface area contributed by atoms with Crippen molar-refractivity contribution in [1.29, 1.82) is 0 Å². The van der Waals surface area contributed by atoms with Crippen LogP contribution in [0, 0.1) is 5.82 Å². The highest BCUT2D eigenvalue weighted by Crippen LogP contribution is 2.26. The lowest BCUT2D eigenvalue weighted by Gasteiger charge is -2.19. The quantitative estimate of drug-likeness (QED) is 0.910. The molecule has 0 aliphatic rings. The second-order valence-corrected chi connectivity index (χ2v) is 5.40. The van der Waals surface area contributed by atoms with Crippen LogP contribution in [0.25, 0.3) is 11.3 Å². The van der Waals surface area contributed by atoms with Crippen molar-refractivity contribution < 1.29 is 4.39 Å². The van der Waals surface area contributed by atoms with Gasteiger partial charge in [0.25, 0.3) is 0 Å². The van der Waals surface area contributed by atoms with Crippen LogP contribution in [-0.2, 0) is 5.54 Å². The van der Waals surface area contributed by atoms with Crippen LogP contribution in [-0.4, -0.2) is 9.97 Å². The van der Waals surface area contributed by atoms with Crippen molar-refractivity contribution in [3.05, 3.63) is 40.5 Å². The average molecular weight is 312 g/mol. The SMILES string of the molecule is CCC(C)(N)c1ncc(-c2ccc(F)c(Br)c2)[nH]1. The maximum absolute atomic E-state index is 13.2. The number of nitrogens with one attached hydrogen (secondary N) is 1. The van der Waals surface area contributed by atoms with Gasteiger partial charge in [-0.15, -0.1) is 0 Å². The number of imidazole rings is 1. The van der Waals surface area contributed by atoms with Crippen molar-refractivity contribution in [3.63, 3.8) is 0 Å². The third kappa shape index (κ3) is 2.47. The Morgan fingerprint density at radius 1 is 1.50 bits per heavy atom. The average Bonchev–Trinajstić information content (AvgIpc) is 2.83. The highest BCUT2D eigenvalue weighted by Gasteiger charge is 2.22. The highest BCUT2D eigenvalue weighted by atomic mass is 79.9. The molecular weight excluding hydrogens is 297 g/mol. The molecule has 3 N–H and O–H groups in total. The van der Waals surface area contributed by atoms with Gasteiger partial charge in [0.1, 0.15) is 11.6 Å². The zero-order valence-corrected chi connectivity index (χ0v) is 11.9. The Morgan fingerprint density at radius 2 is 2.22 bits per heavy atom. The first kappa shape index (κ1) is 13.2. The summed E-state index contributed by atoms with van der Waals surface area (Å²) < 4.78 is 13.6. The van der Waals surface area contributed by atoms with Gasteiger partial charge >= 0.3 is 0 Å². The minimum absolute atomic E-state index is 0.282. The largest absolute Gasteiger partial charge is 0.340 e. The molecule has 3 nitrogen and oxygen atoms in total. The van der Waals surface area contributed by atoms with Gasteiger partial charge in [-0.2, -0.15) is 0 Å². The molecule has 0 aliphatic heterocycles. The molecule has 2 rings (SSSR count). The van der Waals surface area contributed by atoms with E-state index in [1.165, 1.54) is 6.07 Å². The summed E-state index contributed by atoms with van der Waals surface area (Å²) in [5.74, 6) is 0.455. The van der Waals surface area contributed by atoms with Crippen molar-refractivity contribution in [1.82, 2.24) is 9.97 Å². The van der Waals surface area contributed by atoms with E-state index in [1.807, 2.05) is 13.8 Å². The molecular formula is C13H15BrFN3. The molecule has 0 saturated carbocycles. The topological polar surface area (TPSA) is 54.7 Å². The minimum Gasteiger partial charge on any atom is -0.340 e. The summed E-state index contributed by atoms with van der Waals surface area (Å²) in [7, 11) is 0. The number of hydrogen-bond acceptors (Lipinski definition) is 2. The standard InChI is InChI=1S/C13H15BrFN3/c1-3-13(2,16)12-17-7-11(18-12)8-4-5-10(15)9(14)6-8/h4-7H,3,16H2,1-2H3,(H,17,18). The van der Waals surface area contributed by atoms with Gasteiger partial charge in [-0.1, -0.05) is 6.92 Å². The van der Waals surface area contributed by atoms with E-state index in [-0.39, 0.29) is 5.82 Å². The van der Waals surface area contributed by atoms with Crippen LogP contribution < -0.4 is 5.73 Å². The number of benzene rings is 1. The van der Waals surface area contributed by atoms with Crippen molar-refractivity contribution in [2.75, 3.05) is 0 Å². The molecule has 1 heterocycles. The summed E-state index contributed by atoms with van der Waals surface area (Å²) in [5.41, 5.74) is 7.34. The van der Waals surface area contributed by atoms with Crippen molar-refractivity contribution >= 4 is 15.9 Å². The van der Waals surface area contributed by atoms with Gasteiger partial charge in [-0.3, -0.25) is 0 Å². The molecule has 1 atom stereocenters. The molecule has 0 bridgehead atoms. The van der Waals surface area contributed by atoms with Gasteiger partial charge in [0.2, 0.25) is 0 Å². The summed E-state index contributed by atoms with van der Waals surface area (Å²) in [6, 6.07) is 4.84. The monoisotopic (exact) mass is 311 g/mol. The predicted octanol–water partition coefficient (Wildman–Crippen LogP) is 3.56. The van der Waals surface area contributed by atoms with Crippen LogP contribution >= 0.6 is 15.9 Å².